The number of nitro benzene ring substituents is 1. The Kier molecular flexibility index (Phi) is 4.60. The molecule has 0 heterocycles. The molecule has 2 rings (SSSR count). The monoisotopic (exact) mass is 290 g/mol. The van der Waals surface area contributed by atoms with Gasteiger partial charge in [0.1, 0.15) is 0 Å². The van der Waals surface area contributed by atoms with Crippen LogP contribution in [-0.4, -0.2) is 23.8 Å². The van der Waals surface area contributed by atoms with Crippen LogP contribution in [0.4, 0.5) is 11.4 Å². The van der Waals surface area contributed by atoms with E-state index in [9.17, 15) is 14.9 Å². The fourth-order valence-corrected chi connectivity index (χ4v) is 3.25. The van der Waals surface area contributed by atoms with E-state index in [1.54, 1.807) is 6.07 Å². The van der Waals surface area contributed by atoms with E-state index in [4.69, 9.17) is 0 Å². The van der Waals surface area contributed by atoms with Crippen LogP contribution in [0.5, 0.6) is 0 Å². The van der Waals surface area contributed by atoms with Crippen molar-refractivity contribution < 1.29 is 9.72 Å². The molecule has 2 unspecified atom stereocenters. The first-order valence-electron chi connectivity index (χ1n) is 7.44. The molecule has 5 heteroatoms. The molecule has 1 saturated carbocycles. The molecule has 1 fully saturated rings. The van der Waals surface area contributed by atoms with Gasteiger partial charge in [0.2, 0.25) is 0 Å². The Morgan fingerprint density at radius 2 is 2.00 bits per heavy atom. The van der Waals surface area contributed by atoms with Crippen molar-refractivity contribution in [2.45, 2.75) is 45.6 Å². The van der Waals surface area contributed by atoms with E-state index in [0.29, 0.717) is 12.0 Å². The molecule has 0 bridgehead atoms. The highest BCUT2D eigenvalue weighted by atomic mass is 16.6. The molecular formula is C16H22N2O3. The van der Waals surface area contributed by atoms with E-state index in [0.717, 1.165) is 12.1 Å². The number of hydrogen-bond acceptors (Lipinski definition) is 4. The zero-order valence-electron chi connectivity index (χ0n) is 12.8. The third-order valence-electron chi connectivity index (χ3n) is 4.53. The van der Waals surface area contributed by atoms with Gasteiger partial charge < -0.3 is 4.90 Å². The molecule has 0 radical (unpaired) electrons. The van der Waals surface area contributed by atoms with Gasteiger partial charge in [0.25, 0.3) is 5.69 Å². The summed E-state index contributed by atoms with van der Waals surface area (Å²) in [4.78, 5) is 24.3. The molecule has 114 valence electrons. The van der Waals surface area contributed by atoms with Gasteiger partial charge in [-0.05, 0) is 37.8 Å². The van der Waals surface area contributed by atoms with Crippen LogP contribution in [0.25, 0.3) is 0 Å². The minimum Gasteiger partial charge on any atom is -0.371 e. The summed E-state index contributed by atoms with van der Waals surface area (Å²) in [5, 5.41) is 11.2. The highest BCUT2D eigenvalue weighted by molar-refractivity contribution is 5.98. The van der Waals surface area contributed by atoms with E-state index in [1.165, 1.54) is 32.3 Å². The standard InChI is InChI=1S/C16H22N2O3/c1-11-6-4-5-7-15(11)17(3)13-8-9-14(12(2)19)16(10-13)18(20)21/h8-11,15H,4-7H2,1-3H3. The average molecular weight is 290 g/mol. The molecule has 0 amide bonds. The van der Waals surface area contributed by atoms with Gasteiger partial charge in [-0.2, -0.15) is 0 Å². The Labute approximate surface area is 125 Å². The van der Waals surface area contributed by atoms with Gasteiger partial charge in [-0.3, -0.25) is 14.9 Å². The van der Waals surface area contributed by atoms with Crippen molar-refractivity contribution in [1.82, 2.24) is 0 Å². The predicted octanol–water partition coefficient (Wildman–Crippen LogP) is 3.81. The maximum atomic E-state index is 11.5. The molecule has 0 aliphatic heterocycles. The maximum Gasteiger partial charge on any atom is 0.282 e. The number of nitro groups is 1. The number of anilines is 1. The highest BCUT2D eigenvalue weighted by Crippen LogP contribution is 2.32. The largest absolute Gasteiger partial charge is 0.371 e. The van der Waals surface area contributed by atoms with Gasteiger partial charge in [0, 0.05) is 24.8 Å². The highest BCUT2D eigenvalue weighted by Gasteiger charge is 2.27. The molecule has 5 nitrogen and oxygen atoms in total. The van der Waals surface area contributed by atoms with Crippen LogP contribution in [0, 0.1) is 16.0 Å². The molecule has 2 atom stereocenters. The Hall–Kier alpha value is -1.91. The lowest BCUT2D eigenvalue weighted by atomic mass is 9.85. The normalized spacial score (nSPS) is 21.9. The first-order chi connectivity index (χ1) is 9.91. The minimum absolute atomic E-state index is 0.102. The number of benzene rings is 1. The maximum absolute atomic E-state index is 11.5. The first kappa shape index (κ1) is 15.5. The van der Waals surface area contributed by atoms with Crippen LogP contribution in [-0.2, 0) is 0 Å². The quantitative estimate of drug-likeness (QED) is 0.480. The second-order valence-electron chi connectivity index (χ2n) is 5.95. The third kappa shape index (κ3) is 3.23. The van der Waals surface area contributed by atoms with Gasteiger partial charge >= 0.3 is 0 Å². The van der Waals surface area contributed by atoms with Crippen LogP contribution in [0.2, 0.25) is 0 Å². The molecular weight excluding hydrogens is 268 g/mol. The van der Waals surface area contributed by atoms with Gasteiger partial charge in [0.15, 0.2) is 5.78 Å². The summed E-state index contributed by atoms with van der Waals surface area (Å²) >= 11 is 0. The van der Waals surface area contributed by atoms with Crippen LogP contribution >= 0.6 is 0 Å². The van der Waals surface area contributed by atoms with Gasteiger partial charge in [-0.15, -0.1) is 0 Å². The van der Waals surface area contributed by atoms with Crippen molar-refractivity contribution in [3.8, 4) is 0 Å². The van der Waals surface area contributed by atoms with Crippen LogP contribution in [0.15, 0.2) is 18.2 Å². The molecule has 1 aromatic rings. The Balaban J connectivity index is 2.33. The number of ketones is 1. The Morgan fingerprint density at radius 3 is 2.57 bits per heavy atom. The first-order valence-corrected chi connectivity index (χ1v) is 7.44. The summed E-state index contributed by atoms with van der Waals surface area (Å²) in [6.07, 6.45) is 4.77. The summed E-state index contributed by atoms with van der Waals surface area (Å²) in [7, 11) is 1.99. The molecule has 0 saturated heterocycles. The summed E-state index contributed by atoms with van der Waals surface area (Å²) in [6.45, 7) is 3.59. The Morgan fingerprint density at radius 1 is 1.33 bits per heavy atom. The topological polar surface area (TPSA) is 63.5 Å². The molecule has 0 spiro atoms. The van der Waals surface area contributed by atoms with Crippen molar-refractivity contribution in [1.29, 1.82) is 0 Å². The second-order valence-corrected chi connectivity index (χ2v) is 5.95. The predicted molar refractivity (Wildman–Crippen MR) is 82.9 cm³/mol. The zero-order chi connectivity index (χ0) is 15.6. The molecule has 1 aliphatic rings. The summed E-state index contributed by atoms with van der Waals surface area (Å²) in [5.74, 6) is 0.303. The SMILES string of the molecule is CC(=O)c1ccc(N(C)C2CCCCC2C)cc1[N+](=O)[O-]. The van der Waals surface area contributed by atoms with Crippen molar-refractivity contribution in [2.24, 2.45) is 5.92 Å². The smallest absolute Gasteiger partial charge is 0.282 e. The van der Waals surface area contributed by atoms with Gasteiger partial charge in [-0.25, -0.2) is 0 Å². The van der Waals surface area contributed by atoms with Crippen molar-refractivity contribution in [3.63, 3.8) is 0 Å². The van der Waals surface area contributed by atoms with E-state index >= 15 is 0 Å². The molecule has 1 aliphatic carbocycles. The number of carbonyl (C=O) groups is 1. The second kappa shape index (κ2) is 6.24. The van der Waals surface area contributed by atoms with Crippen LogP contribution in [0.1, 0.15) is 49.9 Å². The van der Waals surface area contributed by atoms with Gasteiger partial charge in [0.05, 0.1) is 10.5 Å². The number of carbonyl (C=O) groups excluding carboxylic acids is 1. The minimum atomic E-state index is -0.474. The molecule has 0 aromatic heterocycles. The van der Waals surface area contributed by atoms with Gasteiger partial charge in [-0.1, -0.05) is 19.8 Å². The van der Waals surface area contributed by atoms with E-state index in [2.05, 4.69) is 11.8 Å². The van der Waals surface area contributed by atoms with Crippen molar-refractivity contribution in [2.75, 3.05) is 11.9 Å². The summed E-state index contributed by atoms with van der Waals surface area (Å²) < 4.78 is 0. The zero-order valence-corrected chi connectivity index (χ0v) is 12.8. The molecule has 21 heavy (non-hydrogen) atoms. The van der Waals surface area contributed by atoms with E-state index in [-0.39, 0.29) is 17.0 Å². The fourth-order valence-electron chi connectivity index (χ4n) is 3.25. The van der Waals surface area contributed by atoms with Crippen LogP contribution < -0.4 is 4.90 Å². The van der Waals surface area contributed by atoms with E-state index in [1.807, 2.05) is 13.1 Å². The van der Waals surface area contributed by atoms with E-state index < -0.39 is 4.92 Å². The fraction of sp³-hybridized carbons (Fsp3) is 0.562. The lowest BCUT2D eigenvalue weighted by molar-refractivity contribution is -0.385. The number of Topliss-reactive ketones (excluding diaryl/α,β-unsaturated/α-hetero) is 1. The van der Waals surface area contributed by atoms with Crippen molar-refractivity contribution in [3.05, 3.63) is 33.9 Å². The lowest BCUT2D eigenvalue weighted by Crippen LogP contribution is -2.39. The lowest BCUT2D eigenvalue weighted by Gasteiger charge is -2.37. The average Bonchev–Trinajstić information content (AvgIpc) is 2.46. The van der Waals surface area contributed by atoms with Crippen molar-refractivity contribution >= 4 is 17.2 Å². The summed E-state index contributed by atoms with van der Waals surface area (Å²) in [5.41, 5.74) is 0.884. The number of hydrogen-bond donors (Lipinski definition) is 0. The van der Waals surface area contributed by atoms with Crippen LogP contribution in [0.3, 0.4) is 0 Å². The Bertz CT molecular complexity index is 556. The molecule has 0 N–H and O–H groups in total. The number of rotatable bonds is 4. The third-order valence-corrected chi connectivity index (χ3v) is 4.53. The number of nitrogens with zero attached hydrogens (tertiary/aromatic N) is 2. The summed E-state index contributed by atoms with van der Waals surface area (Å²) in [6, 6.07) is 5.31. The molecule has 1 aromatic carbocycles.